The van der Waals surface area contributed by atoms with Crippen molar-refractivity contribution in [2.45, 2.75) is 52.0 Å². The van der Waals surface area contributed by atoms with Gasteiger partial charge in [-0.3, -0.25) is 0 Å². The Labute approximate surface area is 161 Å². The van der Waals surface area contributed by atoms with E-state index in [4.69, 9.17) is 30.3 Å². The molecule has 0 aliphatic carbocycles. The Morgan fingerprint density at radius 3 is 2.52 bits per heavy atom. The van der Waals surface area contributed by atoms with Crippen LogP contribution in [0.2, 0.25) is 0 Å². The molecule has 25 heavy (non-hydrogen) atoms. The monoisotopic (exact) mass is 377 g/mol. The van der Waals surface area contributed by atoms with Crippen LogP contribution in [0.3, 0.4) is 0 Å². The third kappa shape index (κ3) is 6.86. The number of rotatable bonds is 4. The van der Waals surface area contributed by atoms with E-state index in [9.17, 15) is 8.78 Å². The maximum absolute atomic E-state index is 10.6. The Morgan fingerprint density at radius 1 is 1.40 bits per heavy atom. The highest BCUT2D eigenvalue weighted by Gasteiger charge is 2.32. The van der Waals surface area contributed by atoms with Crippen molar-refractivity contribution in [2.75, 3.05) is 6.54 Å². The van der Waals surface area contributed by atoms with Crippen LogP contribution in [0.5, 0.6) is 0 Å². The average Bonchev–Trinajstić information content (AvgIpc) is 3.09. The molecule has 0 amide bonds. The molecule has 0 saturated carbocycles. The molecule has 1 aromatic rings. The average molecular weight is 378 g/mol. The van der Waals surface area contributed by atoms with Gasteiger partial charge in [-0.1, -0.05) is 42.5 Å². The number of thiocarbonyl (C=S) groups is 1. The minimum atomic E-state index is -3.23. The van der Waals surface area contributed by atoms with Crippen molar-refractivity contribution in [3.05, 3.63) is 35.9 Å². The van der Waals surface area contributed by atoms with Gasteiger partial charge >= 0.3 is 12.4 Å². The number of carbonyl (C=O) groups is 1. The minimum absolute atomic E-state index is 0.0416. The highest BCUT2D eigenvalue weighted by molar-refractivity contribution is 7.80. The smallest absolute Gasteiger partial charge is 0.371 e. The lowest BCUT2D eigenvalue weighted by molar-refractivity contribution is -0.527. The number of nitrogens with zero attached hydrogens (tertiary/aromatic N) is 1. The van der Waals surface area contributed by atoms with Crippen LogP contribution >= 0.6 is 12.2 Å². The van der Waals surface area contributed by atoms with Gasteiger partial charge in [-0.2, -0.15) is 8.78 Å². The fourth-order valence-corrected chi connectivity index (χ4v) is 2.86. The van der Waals surface area contributed by atoms with Crippen LogP contribution in [0.1, 0.15) is 53.3 Å². The van der Waals surface area contributed by atoms with E-state index in [0.29, 0.717) is 24.4 Å². The molecule has 2 rings (SSSR count). The minimum Gasteiger partial charge on any atom is -0.477 e. The standard InChI is InChI=1S/C16H22N2S.C2H2F2O2/c1-12(2)18-11-7-10-15(18)16(19)17-13(3)14-8-5-4-6-9-14;3-1(4)2(5)6/h4-6,8-9,13,15H,7,10-11H2,1-3H3;1H,(H,5,6)/p+1/t13-,15+;/m1./s1/i1D3,2D3;. The van der Waals surface area contributed by atoms with Crippen molar-refractivity contribution in [3.63, 3.8) is 0 Å². The predicted octanol–water partition coefficient (Wildman–Crippen LogP) is 3.66. The van der Waals surface area contributed by atoms with E-state index in [-0.39, 0.29) is 6.04 Å². The topological polar surface area (TPSA) is 52.3 Å². The number of hydrogen-bond acceptors (Lipinski definition) is 2. The van der Waals surface area contributed by atoms with E-state index in [1.807, 2.05) is 37.3 Å². The first kappa shape index (κ1) is 13.3. The fourth-order valence-electron chi connectivity index (χ4n) is 2.44. The molecule has 1 aromatic carbocycles. The van der Waals surface area contributed by atoms with Gasteiger partial charge in [0, 0.05) is 40.8 Å². The van der Waals surface area contributed by atoms with Crippen LogP contribution in [-0.2, 0) is 4.79 Å². The summed E-state index contributed by atoms with van der Waals surface area (Å²) in [7, 11) is 0. The second-order valence-corrected chi connectivity index (χ2v) is 5.92. The summed E-state index contributed by atoms with van der Waals surface area (Å²) in [5.74, 6) is -2.07. The van der Waals surface area contributed by atoms with Gasteiger partial charge in [-0.05, 0) is 12.5 Å². The van der Waals surface area contributed by atoms with E-state index < -0.39 is 37.9 Å². The maximum atomic E-state index is 10.6. The molecule has 1 heterocycles. The lowest BCUT2D eigenvalue weighted by Gasteiger charge is -2.18. The normalized spacial score (nSPS) is 22.1. The van der Waals surface area contributed by atoms with Crippen molar-refractivity contribution in [1.82, 2.24) is 5.32 Å². The molecule has 1 saturated heterocycles. The number of halogens is 2. The van der Waals surface area contributed by atoms with Gasteiger partial charge < -0.3 is 10.4 Å². The van der Waals surface area contributed by atoms with Crippen LogP contribution in [-0.4, -0.2) is 45.4 Å². The molecular weight excluding hydrogens is 346 g/mol. The summed E-state index contributed by atoms with van der Waals surface area (Å²) in [4.78, 5) is 9.44. The van der Waals surface area contributed by atoms with Gasteiger partial charge in [-0.15, -0.1) is 0 Å². The van der Waals surface area contributed by atoms with Crippen LogP contribution in [0.4, 0.5) is 8.78 Å². The van der Waals surface area contributed by atoms with Gasteiger partial charge in [0.05, 0.1) is 0 Å². The molecule has 0 spiro atoms. The first-order chi connectivity index (χ1) is 14.2. The lowest BCUT2D eigenvalue weighted by Crippen LogP contribution is -2.40. The molecule has 7 heteroatoms. The highest BCUT2D eigenvalue weighted by Crippen LogP contribution is 2.17. The molecule has 1 aliphatic heterocycles. The number of carboxylic acid groups (broad SMARTS) is 1. The van der Waals surface area contributed by atoms with Gasteiger partial charge in [-0.25, -0.2) is 9.37 Å². The highest BCUT2D eigenvalue weighted by atomic mass is 32.1. The summed E-state index contributed by atoms with van der Waals surface area (Å²) < 4.78 is 68.5. The molecule has 0 unspecified atom stereocenters. The summed E-state index contributed by atoms with van der Waals surface area (Å²) in [6.07, 6.45) is -1.88. The molecule has 2 N–H and O–H groups in total. The molecule has 2 atom stereocenters. The Bertz CT molecular complexity index is 784. The van der Waals surface area contributed by atoms with Crippen LogP contribution in [0.25, 0.3) is 0 Å². The number of benzene rings is 1. The molecule has 4 nitrogen and oxygen atoms in total. The van der Waals surface area contributed by atoms with Crippen LogP contribution < -0.4 is 5.32 Å². The van der Waals surface area contributed by atoms with Crippen molar-refractivity contribution in [2.24, 2.45) is 0 Å². The first-order valence-corrected chi connectivity index (χ1v) is 8.08. The molecule has 1 aliphatic rings. The summed E-state index contributed by atoms with van der Waals surface area (Å²) in [6, 6.07) is 9.32. The van der Waals surface area contributed by atoms with Crippen molar-refractivity contribution in [1.29, 1.82) is 0 Å². The van der Waals surface area contributed by atoms with Gasteiger partial charge in [0.15, 0.2) is 0 Å². The van der Waals surface area contributed by atoms with Crippen LogP contribution in [0, 0.1) is 0 Å². The predicted molar refractivity (Wildman–Crippen MR) is 98.7 cm³/mol. The number of hydrogen-bond donors (Lipinski definition) is 2. The number of carboxylic acids is 1. The maximum Gasteiger partial charge on any atom is 0.371 e. The molecule has 0 aromatic heterocycles. The second-order valence-electron chi connectivity index (χ2n) is 5.48. The molecule has 1 fully saturated rings. The van der Waals surface area contributed by atoms with Crippen molar-refractivity contribution >= 4 is 28.9 Å². The second kappa shape index (κ2) is 10.2. The zero-order valence-electron chi connectivity index (χ0n) is 19.7. The van der Waals surface area contributed by atoms with Gasteiger partial charge in [0.1, 0.15) is 17.2 Å². The molecule has 0 bridgehead atoms. The summed E-state index contributed by atoms with van der Waals surface area (Å²) in [5.41, 5.74) is 0.573. The van der Waals surface area contributed by atoms with E-state index in [1.54, 1.807) is 0 Å². The Balaban J connectivity index is 0.000000703. The van der Waals surface area contributed by atoms with E-state index in [1.165, 1.54) is 4.58 Å². The third-order valence-electron chi connectivity index (χ3n) is 3.69. The molecule has 138 valence electrons. The fraction of sp³-hybridized carbons (Fsp3) is 0.500. The first-order valence-electron chi connectivity index (χ1n) is 10.7. The molecular formula is C18H25F2N2O2S+. The lowest BCUT2D eigenvalue weighted by atomic mass is 10.1. The molecule has 0 radical (unpaired) electrons. The van der Waals surface area contributed by atoms with E-state index in [0.717, 1.165) is 5.56 Å². The third-order valence-corrected chi connectivity index (χ3v) is 4.08. The SMILES string of the molecule is O=C(O)C(F)F.[2H]C([2H])([2H])C(=[N+]1CCC[C@H]1C(=S)N[C@H](C)c1ccccc1)C([2H])([2H])[2H]. The summed E-state index contributed by atoms with van der Waals surface area (Å²) >= 11 is 5.50. The Morgan fingerprint density at radius 2 is 2.00 bits per heavy atom. The van der Waals surface area contributed by atoms with Crippen molar-refractivity contribution < 1.29 is 31.5 Å². The number of nitrogens with one attached hydrogen (secondary N) is 1. The number of aliphatic carboxylic acids is 1. The van der Waals surface area contributed by atoms with Gasteiger partial charge in [0.25, 0.3) is 0 Å². The largest absolute Gasteiger partial charge is 0.477 e. The Hall–Kier alpha value is -1.89. The zero-order chi connectivity index (χ0) is 24.0. The summed E-state index contributed by atoms with van der Waals surface area (Å²) in [5, 5.41) is 10.5. The van der Waals surface area contributed by atoms with Crippen LogP contribution in [0.15, 0.2) is 30.3 Å². The van der Waals surface area contributed by atoms with E-state index >= 15 is 0 Å². The quantitative estimate of drug-likeness (QED) is 0.621. The Kier molecular flexibility index (Phi) is 5.43. The van der Waals surface area contributed by atoms with Crippen molar-refractivity contribution in [3.8, 4) is 0 Å². The van der Waals surface area contributed by atoms with E-state index in [2.05, 4.69) is 5.32 Å². The summed E-state index contributed by atoms with van der Waals surface area (Å²) in [6.45, 7) is -2.99. The zero-order valence-corrected chi connectivity index (χ0v) is 14.5. The number of alkyl halides is 2. The van der Waals surface area contributed by atoms with Gasteiger partial charge in [0.2, 0.25) is 6.04 Å².